The summed E-state index contributed by atoms with van der Waals surface area (Å²) in [5.74, 6) is -0.679. The molecule has 0 saturated heterocycles. The summed E-state index contributed by atoms with van der Waals surface area (Å²) in [4.78, 5) is 39.7. The van der Waals surface area contributed by atoms with E-state index in [9.17, 15) is 14.4 Å². The van der Waals surface area contributed by atoms with E-state index in [1.54, 1.807) is 19.2 Å². The lowest BCUT2D eigenvalue weighted by atomic mass is 10.2. The number of thioether (sulfide) groups is 1. The van der Waals surface area contributed by atoms with Crippen LogP contribution < -0.4 is 10.6 Å². The van der Waals surface area contributed by atoms with E-state index < -0.39 is 11.3 Å². The monoisotopic (exact) mass is 385 g/mol. The minimum absolute atomic E-state index is 0.120. The number of hydrogen-bond donors (Lipinski definition) is 2. The molecule has 1 atom stereocenters. The number of hydrogen-bond acceptors (Lipinski definition) is 7. The third-order valence-corrected chi connectivity index (χ3v) is 5.86. The first-order valence-electron chi connectivity index (χ1n) is 8.36. The van der Waals surface area contributed by atoms with Gasteiger partial charge in [-0.15, -0.1) is 11.3 Å². The molecule has 1 aliphatic carbocycles. The molecule has 2 N–H and O–H groups in total. The van der Waals surface area contributed by atoms with E-state index in [1.165, 1.54) is 23.1 Å². The molecule has 7 nitrogen and oxygen atoms in total. The van der Waals surface area contributed by atoms with Crippen molar-refractivity contribution in [1.29, 1.82) is 0 Å². The number of esters is 1. The lowest BCUT2D eigenvalue weighted by Gasteiger charge is -2.14. The molecule has 2 rings (SSSR count). The average Bonchev–Trinajstić information content (AvgIpc) is 3.19. The standard InChI is InChI=1S/C16H23N3O4S2/c1-3-23-13(20)8-12-9-24-16(18-12)25-10(2)14(21)19-15(22)17-11-6-4-5-7-11/h9-11H,3-8H2,1-2H3,(H2,17,19,21,22)/t10-/m1/s1. The first kappa shape index (κ1) is 19.7. The van der Waals surface area contributed by atoms with Crippen molar-refractivity contribution in [3.63, 3.8) is 0 Å². The predicted octanol–water partition coefficient (Wildman–Crippen LogP) is 2.50. The van der Waals surface area contributed by atoms with Gasteiger partial charge in [0.25, 0.3) is 0 Å². The average molecular weight is 386 g/mol. The fraction of sp³-hybridized carbons (Fsp3) is 0.625. The van der Waals surface area contributed by atoms with Gasteiger partial charge in [0.1, 0.15) is 0 Å². The summed E-state index contributed by atoms with van der Waals surface area (Å²) in [6.45, 7) is 3.81. The molecule has 3 amide bonds. The molecule has 138 valence electrons. The first-order chi connectivity index (χ1) is 12.0. The molecular formula is C16H23N3O4S2. The van der Waals surface area contributed by atoms with Crippen LogP contribution in [0.25, 0.3) is 0 Å². The molecule has 0 aromatic carbocycles. The van der Waals surface area contributed by atoms with Gasteiger partial charge in [0, 0.05) is 11.4 Å². The molecule has 1 fully saturated rings. The summed E-state index contributed by atoms with van der Waals surface area (Å²) in [7, 11) is 0. The zero-order valence-corrected chi connectivity index (χ0v) is 16.0. The number of aromatic nitrogens is 1. The van der Waals surface area contributed by atoms with Crippen LogP contribution in [0, 0.1) is 0 Å². The number of imide groups is 1. The zero-order chi connectivity index (χ0) is 18.2. The van der Waals surface area contributed by atoms with E-state index in [2.05, 4.69) is 15.6 Å². The molecule has 0 spiro atoms. The van der Waals surface area contributed by atoms with Gasteiger partial charge in [-0.25, -0.2) is 9.78 Å². The molecule has 1 aliphatic rings. The number of thiazole rings is 1. The van der Waals surface area contributed by atoms with Crippen molar-refractivity contribution in [3.8, 4) is 0 Å². The highest BCUT2D eigenvalue weighted by Crippen LogP contribution is 2.27. The van der Waals surface area contributed by atoms with Crippen molar-refractivity contribution in [2.24, 2.45) is 0 Å². The molecule has 0 aliphatic heterocycles. The second kappa shape index (κ2) is 9.76. The topological polar surface area (TPSA) is 97.4 Å². The molecule has 9 heteroatoms. The Morgan fingerprint density at radius 3 is 2.80 bits per heavy atom. The number of carbonyl (C=O) groups excluding carboxylic acids is 3. The van der Waals surface area contributed by atoms with Crippen molar-refractivity contribution in [2.75, 3.05) is 6.61 Å². The third-order valence-electron chi connectivity index (χ3n) is 3.74. The van der Waals surface area contributed by atoms with Gasteiger partial charge in [0.05, 0.1) is 24.0 Å². The normalized spacial score (nSPS) is 15.6. The smallest absolute Gasteiger partial charge is 0.321 e. The van der Waals surface area contributed by atoms with Gasteiger partial charge >= 0.3 is 12.0 Å². The van der Waals surface area contributed by atoms with Crippen molar-refractivity contribution >= 4 is 41.0 Å². The third kappa shape index (κ3) is 6.66. The second-order valence-corrected chi connectivity index (χ2v) is 8.24. The Labute approximate surface area is 155 Å². The van der Waals surface area contributed by atoms with Gasteiger partial charge < -0.3 is 10.1 Å². The molecule has 1 saturated carbocycles. The second-order valence-electron chi connectivity index (χ2n) is 5.79. The Morgan fingerprint density at radius 1 is 1.40 bits per heavy atom. The molecule has 0 unspecified atom stereocenters. The Hall–Kier alpha value is -1.61. The zero-order valence-electron chi connectivity index (χ0n) is 14.4. The quantitative estimate of drug-likeness (QED) is 0.553. The maximum Gasteiger partial charge on any atom is 0.321 e. The van der Waals surface area contributed by atoms with Gasteiger partial charge in [-0.1, -0.05) is 24.6 Å². The molecule has 25 heavy (non-hydrogen) atoms. The number of rotatable bonds is 7. The van der Waals surface area contributed by atoms with Crippen LogP contribution in [0.3, 0.4) is 0 Å². The highest BCUT2D eigenvalue weighted by molar-refractivity contribution is 8.02. The lowest BCUT2D eigenvalue weighted by Crippen LogP contribution is -2.45. The number of urea groups is 1. The largest absolute Gasteiger partial charge is 0.466 e. The minimum atomic E-state index is -0.462. The summed E-state index contributed by atoms with van der Waals surface area (Å²) >= 11 is 2.62. The molecule has 0 bridgehead atoms. The molecule has 1 aromatic rings. The van der Waals surface area contributed by atoms with Gasteiger partial charge in [0.2, 0.25) is 5.91 Å². The van der Waals surface area contributed by atoms with Gasteiger partial charge in [-0.3, -0.25) is 14.9 Å². The van der Waals surface area contributed by atoms with Crippen molar-refractivity contribution in [1.82, 2.24) is 15.6 Å². The maximum absolute atomic E-state index is 12.1. The van der Waals surface area contributed by atoms with E-state index in [0.717, 1.165) is 25.7 Å². The van der Waals surface area contributed by atoms with Crippen molar-refractivity contribution in [2.45, 2.75) is 61.6 Å². The van der Waals surface area contributed by atoms with Crippen LogP contribution in [0.1, 0.15) is 45.2 Å². The molecule has 1 aromatic heterocycles. The summed E-state index contributed by atoms with van der Waals surface area (Å²) < 4.78 is 5.56. The summed E-state index contributed by atoms with van der Waals surface area (Å²) in [5.41, 5.74) is 0.623. The minimum Gasteiger partial charge on any atom is -0.466 e. The molecule has 0 radical (unpaired) electrons. The fourth-order valence-electron chi connectivity index (χ4n) is 2.49. The van der Waals surface area contributed by atoms with Crippen LogP contribution in [0.15, 0.2) is 9.72 Å². The van der Waals surface area contributed by atoms with E-state index in [-0.39, 0.29) is 24.3 Å². The Morgan fingerprint density at radius 2 is 2.12 bits per heavy atom. The van der Waals surface area contributed by atoms with Crippen LogP contribution in [-0.4, -0.2) is 40.8 Å². The van der Waals surface area contributed by atoms with Crippen LogP contribution in [0.5, 0.6) is 0 Å². The summed E-state index contributed by atoms with van der Waals surface area (Å²) in [6.07, 6.45) is 4.28. The number of carbonyl (C=O) groups is 3. The number of nitrogens with one attached hydrogen (secondary N) is 2. The van der Waals surface area contributed by atoms with Gasteiger partial charge in [-0.05, 0) is 26.7 Å². The Kier molecular flexibility index (Phi) is 7.70. The van der Waals surface area contributed by atoms with Crippen molar-refractivity contribution in [3.05, 3.63) is 11.1 Å². The van der Waals surface area contributed by atoms with E-state index >= 15 is 0 Å². The number of ether oxygens (including phenoxy) is 1. The molecule has 1 heterocycles. The highest BCUT2D eigenvalue weighted by atomic mass is 32.2. The van der Waals surface area contributed by atoms with Crippen LogP contribution in [0.2, 0.25) is 0 Å². The van der Waals surface area contributed by atoms with E-state index in [4.69, 9.17) is 4.74 Å². The van der Waals surface area contributed by atoms with E-state index in [0.29, 0.717) is 16.6 Å². The predicted molar refractivity (Wildman–Crippen MR) is 96.7 cm³/mol. The Bertz CT molecular complexity index is 614. The van der Waals surface area contributed by atoms with Crippen molar-refractivity contribution < 1.29 is 19.1 Å². The van der Waals surface area contributed by atoms with Gasteiger partial charge in [-0.2, -0.15) is 0 Å². The summed E-state index contributed by atoms with van der Waals surface area (Å²) in [6, 6.07) is -0.272. The van der Waals surface area contributed by atoms with Crippen LogP contribution in [-0.2, 0) is 20.7 Å². The highest BCUT2D eigenvalue weighted by Gasteiger charge is 2.22. The van der Waals surface area contributed by atoms with Gasteiger partial charge in [0.15, 0.2) is 4.34 Å². The summed E-state index contributed by atoms with van der Waals surface area (Å²) in [5, 5.41) is 6.51. The number of amides is 3. The molecular weight excluding hydrogens is 362 g/mol. The maximum atomic E-state index is 12.1. The number of nitrogens with zero attached hydrogens (tertiary/aromatic N) is 1. The van der Waals surface area contributed by atoms with Crippen LogP contribution in [0.4, 0.5) is 4.79 Å². The SMILES string of the molecule is CCOC(=O)Cc1csc(S[C@H](C)C(=O)NC(=O)NC2CCCC2)n1. The first-order valence-corrected chi connectivity index (χ1v) is 10.1. The fourth-order valence-corrected chi connectivity index (χ4v) is 4.47. The Balaban J connectivity index is 1.77. The lowest BCUT2D eigenvalue weighted by molar-refractivity contribution is -0.142. The van der Waals surface area contributed by atoms with E-state index in [1.807, 2.05) is 0 Å². The van der Waals surface area contributed by atoms with Crippen LogP contribution >= 0.6 is 23.1 Å².